The summed E-state index contributed by atoms with van der Waals surface area (Å²) >= 11 is 0. The van der Waals surface area contributed by atoms with Crippen LogP contribution < -0.4 is 4.90 Å². The standard InChI is InChI=1S/C23H30N2O/c1-3-5-10-17-25(18-11-6-4-2)20-15-12-16-21-22(20)24-23(26-21)19-13-8-7-9-14-19/h7-9,12-16H,3-6,10-11,17-18H2,1-2H3. The van der Waals surface area contributed by atoms with Gasteiger partial charge in [-0.1, -0.05) is 63.8 Å². The van der Waals surface area contributed by atoms with Crippen LogP contribution in [0.4, 0.5) is 5.69 Å². The third-order valence-electron chi connectivity index (χ3n) is 4.82. The highest BCUT2D eigenvalue weighted by molar-refractivity contribution is 5.89. The van der Waals surface area contributed by atoms with E-state index in [1.165, 1.54) is 44.2 Å². The van der Waals surface area contributed by atoms with Gasteiger partial charge in [0.05, 0.1) is 5.69 Å². The molecule has 0 aliphatic carbocycles. The zero-order chi connectivity index (χ0) is 18.2. The summed E-state index contributed by atoms with van der Waals surface area (Å²) in [7, 11) is 0. The lowest BCUT2D eigenvalue weighted by atomic mass is 10.1. The number of unbranched alkanes of at least 4 members (excludes halogenated alkanes) is 4. The van der Waals surface area contributed by atoms with Crippen LogP contribution in [0.3, 0.4) is 0 Å². The van der Waals surface area contributed by atoms with E-state index in [4.69, 9.17) is 9.40 Å². The van der Waals surface area contributed by atoms with Crippen LogP contribution in [0.15, 0.2) is 52.9 Å². The molecule has 0 saturated carbocycles. The third kappa shape index (κ3) is 4.46. The molecule has 3 nitrogen and oxygen atoms in total. The van der Waals surface area contributed by atoms with Crippen LogP contribution in [0.2, 0.25) is 0 Å². The van der Waals surface area contributed by atoms with E-state index in [9.17, 15) is 0 Å². The SMILES string of the molecule is CCCCCN(CCCCC)c1cccc2oc(-c3ccccc3)nc12. The monoisotopic (exact) mass is 350 g/mol. The van der Waals surface area contributed by atoms with Gasteiger partial charge in [0.25, 0.3) is 0 Å². The first-order chi connectivity index (χ1) is 12.8. The van der Waals surface area contributed by atoms with Crippen LogP contribution in [0.1, 0.15) is 52.4 Å². The summed E-state index contributed by atoms with van der Waals surface area (Å²) in [5.74, 6) is 0.704. The van der Waals surface area contributed by atoms with Gasteiger partial charge in [-0.25, -0.2) is 4.98 Å². The summed E-state index contributed by atoms with van der Waals surface area (Å²) in [5, 5.41) is 0. The number of nitrogens with zero attached hydrogens (tertiary/aromatic N) is 2. The maximum atomic E-state index is 6.06. The fraction of sp³-hybridized carbons (Fsp3) is 0.435. The predicted molar refractivity (Wildman–Crippen MR) is 111 cm³/mol. The summed E-state index contributed by atoms with van der Waals surface area (Å²) in [6.07, 6.45) is 7.48. The average molecular weight is 351 g/mol. The second-order valence-corrected chi connectivity index (χ2v) is 6.91. The number of benzene rings is 2. The number of oxazole rings is 1. The van der Waals surface area contributed by atoms with Crippen molar-refractivity contribution < 1.29 is 4.42 Å². The molecule has 3 heteroatoms. The summed E-state index contributed by atoms with van der Waals surface area (Å²) < 4.78 is 6.06. The Morgan fingerprint density at radius 1 is 0.808 bits per heavy atom. The molecule has 26 heavy (non-hydrogen) atoms. The van der Waals surface area contributed by atoms with Crippen molar-refractivity contribution in [1.82, 2.24) is 4.98 Å². The Kier molecular flexibility index (Phi) is 6.70. The number of fused-ring (bicyclic) bond motifs is 1. The number of anilines is 1. The summed E-state index contributed by atoms with van der Waals surface area (Å²) in [5.41, 5.74) is 4.09. The number of rotatable bonds is 10. The van der Waals surface area contributed by atoms with Gasteiger partial charge in [-0.2, -0.15) is 0 Å². The number of aromatic nitrogens is 1. The zero-order valence-electron chi connectivity index (χ0n) is 16.1. The molecule has 3 rings (SSSR count). The van der Waals surface area contributed by atoms with Crippen molar-refractivity contribution >= 4 is 16.8 Å². The Labute approximate surface area is 157 Å². The maximum absolute atomic E-state index is 6.06. The van der Waals surface area contributed by atoms with Crippen LogP contribution in [-0.4, -0.2) is 18.1 Å². The highest BCUT2D eigenvalue weighted by Crippen LogP contribution is 2.31. The molecule has 0 amide bonds. The van der Waals surface area contributed by atoms with Crippen molar-refractivity contribution in [3.63, 3.8) is 0 Å². The van der Waals surface area contributed by atoms with Crippen molar-refractivity contribution in [3.05, 3.63) is 48.5 Å². The molecular weight excluding hydrogens is 320 g/mol. The Hall–Kier alpha value is -2.29. The fourth-order valence-corrected chi connectivity index (χ4v) is 3.35. The van der Waals surface area contributed by atoms with Crippen LogP contribution in [0.25, 0.3) is 22.6 Å². The van der Waals surface area contributed by atoms with E-state index in [2.05, 4.69) is 30.9 Å². The first-order valence-electron chi connectivity index (χ1n) is 10.0. The molecule has 0 saturated heterocycles. The lowest BCUT2D eigenvalue weighted by molar-refractivity contribution is 0.619. The molecule has 138 valence electrons. The van der Waals surface area contributed by atoms with Gasteiger partial charge in [0.1, 0.15) is 5.52 Å². The number of hydrogen-bond donors (Lipinski definition) is 0. The molecule has 3 aromatic rings. The lowest BCUT2D eigenvalue weighted by Gasteiger charge is -2.25. The zero-order valence-corrected chi connectivity index (χ0v) is 16.1. The second kappa shape index (κ2) is 9.42. The van der Waals surface area contributed by atoms with E-state index < -0.39 is 0 Å². The van der Waals surface area contributed by atoms with E-state index in [1.54, 1.807) is 0 Å². The van der Waals surface area contributed by atoms with Crippen LogP contribution in [0.5, 0.6) is 0 Å². The molecular formula is C23H30N2O. The highest BCUT2D eigenvalue weighted by atomic mass is 16.3. The Morgan fingerprint density at radius 2 is 1.50 bits per heavy atom. The molecule has 0 aliphatic rings. The molecule has 1 heterocycles. The van der Waals surface area contributed by atoms with E-state index in [0.717, 1.165) is 29.8 Å². The minimum absolute atomic E-state index is 0.704. The summed E-state index contributed by atoms with van der Waals surface area (Å²) in [6, 6.07) is 16.5. The van der Waals surface area contributed by atoms with Gasteiger partial charge in [-0.15, -0.1) is 0 Å². The maximum Gasteiger partial charge on any atom is 0.227 e. The van der Waals surface area contributed by atoms with E-state index >= 15 is 0 Å². The first kappa shape index (κ1) is 18.5. The van der Waals surface area contributed by atoms with E-state index in [0.29, 0.717) is 5.89 Å². The Morgan fingerprint density at radius 3 is 2.15 bits per heavy atom. The molecule has 2 aromatic carbocycles. The van der Waals surface area contributed by atoms with Crippen molar-refractivity contribution in [2.75, 3.05) is 18.0 Å². The van der Waals surface area contributed by atoms with Crippen molar-refractivity contribution in [2.45, 2.75) is 52.4 Å². The van der Waals surface area contributed by atoms with Gasteiger partial charge >= 0.3 is 0 Å². The number of hydrogen-bond acceptors (Lipinski definition) is 3. The largest absolute Gasteiger partial charge is 0.436 e. The third-order valence-corrected chi connectivity index (χ3v) is 4.82. The normalized spacial score (nSPS) is 11.2. The minimum atomic E-state index is 0.704. The first-order valence-corrected chi connectivity index (χ1v) is 10.0. The lowest BCUT2D eigenvalue weighted by Crippen LogP contribution is -2.26. The van der Waals surface area contributed by atoms with Gasteiger partial charge < -0.3 is 9.32 Å². The van der Waals surface area contributed by atoms with Gasteiger partial charge in [0, 0.05) is 18.7 Å². The number of para-hydroxylation sites is 1. The van der Waals surface area contributed by atoms with Crippen LogP contribution in [-0.2, 0) is 0 Å². The van der Waals surface area contributed by atoms with E-state index in [1.807, 2.05) is 36.4 Å². The molecule has 1 aromatic heterocycles. The topological polar surface area (TPSA) is 29.3 Å². The molecule has 0 radical (unpaired) electrons. The molecule has 0 spiro atoms. The van der Waals surface area contributed by atoms with Crippen molar-refractivity contribution in [1.29, 1.82) is 0 Å². The quantitative estimate of drug-likeness (QED) is 0.382. The second-order valence-electron chi connectivity index (χ2n) is 6.91. The average Bonchev–Trinajstić information content (AvgIpc) is 3.12. The molecule has 0 N–H and O–H groups in total. The van der Waals surface area contributed by atoms with Crippen molar-refractivity contribution in [2.24, 2.45) is 0 Å². The molecule has 0 aliphatic heterocycles. The van der Waals surface area contributed by atoms with Gasteiger partial charge in [-0.3, -0.25) is 0 Å². The predicted octanol–water partition coefficient (Wildman–Crippen LogP) is 6.68. The Balaban J connectivity index is 1.91. The van der Waals surface area contributed by atoms with E-state index in [-0.39, 0.29) is 0 Å². The summed E-state index contributed by atoms with van der Waals surface area (Å²) in [6.45, 7) is 6.69. The molecule has 0 bridgehead atoms. The van der Waals surface area contributed by atoms with Crippen LogP contribution >= 0.6 is 0 Å². The molecule has 0 unspecified atom stereocenters. The highest BCUT2D eigenvalue weighted by Gasteiger charge is 2.15. The smallest absolute Gasteiger partial charge is 0.227 e. The fourth-order valence-electron chi connectivity index (χ4n) is 3.35. The molecule has 0 fully saturated rings. The van der Waals surface area contributed by atoms with Gasteiger partial charge in [0.2, 0.25) is 5.89 Å². The summed E-state index contributed by atoms with van der Waals surface area (Å²) in [4.78, 5) is 7.36. The van der Waals surface area contributed by atoms with Gasteiger partial charge in [0.15, 0.2) is 5.58 Å². The van der Waals surface area contributed by atoms with Gasteiger partial charge in [-0.05, 0) is 37.1 Å². The Bertz CT molecular complexity index is 784. The van der Waals surface area contributed by atoms with Crippen molar-refractivity contribution in [3.8, 4) is 11.5 Å². The molecule has 0 atom stereocenters. The minimum Gasteiger partial charge on any atom is -0.436 e. The van der Waals surface area contributed by atoms with Crippen LogP contribution in [0, 0.1) is 0 Å².